The van der Waals surface area contributed by atoms with Gasteiger partial charge in [0.2, 0.25) is 5.91 Å². The van der Waals surface area contributed by atoms with Crippen molar-refractivity contribution >= 4 is 5.91 Å². The van der Waals surface area contributed by atoms with Gasteiger partial charge in [0.05, 0.1) is 5.92 Å². The van der Waals surface area contributed by atoms with Crippen LogP contribution in [0.3, 0.4) is 0 Å². The molecule has 1 amide bonds. The molecule has 2 unspecified atom stereocenters. The highest BCUT2D eigenvalue weighted by Gasteiger charge is 2.26. The summed E-state index contributed by atoms with van der Waals surface area (Å²) in [5.41, 5.74) is 1.13. The third kappa shape index (κ3) is 4.84. The zero-order valence-electron chi connectivity index (χ0n) is 13.5. The number of amides is 1. The lowest BCUT2D eigenvalue weighted by atomic mass is 9.96. The predicted octanol–water partition coefficient (Wildman–Crippen LogP) is 2.23. The summed E-state index contributed by atoms with van der Waals surface area (Å²) in [5.74, 6) is 1.30. The fraction of sp³-hybridized carbons (Fsp3) is 0.750. The van der Waals surface area contributed by atoms with E-state index in [9.17, 15) is 4.79 Å². The Bertz CT molecular complexity index is 457. The van der Waals surface area contributed by atoms with E-state index in [0.29, 0.717) is 0 Å². The number of hydrogen-bond acceptors (Lipinski definition) is 3. The molecule has 1 fully saturated rings. The maximum absolute atomic E-state index is 12.3. The number of nitrogens with one attached hydrogen (secondary N) is 2. The van der Waals surface area contributed by atoms with Crippen molar-refractivity contribution in [3.05, 3.63) is 17.7 Å². The smallest absolute Gasteiger partial charge is 0.224 e. The van der Waals surface area contributed by atoms with Crippen molar-refractivity contribution in [2.24, 2.45) is 5.92 Å². The van der Waals surface area contributed by atoms with Crippen molar-refractivity contribution in [1.82, 2.24) is 20.2 Å². The molecule has 2 N–H and O–H groups in total. The Morgan fingerprint density at radius 2 is 2.43 bits per heavy atom. The normalized spacial score (nSPS) is 21.2. The Morgan fingerprint density at radius 3 is 3.10 bits per heavy atom. The Balaban J connectivity index is 1.83. The van der Waals surface area contributed by atoms with Crippen LogP contribution >= 0.6 is 0 Å². The SMILES string of the molecule is CCCC(C)NC(=O)C1CCCN(Cc2cnc(C)[nH]2)C1. The summed E-state index contributed by atoms with van der Waals surface area (Å²) in [6.45, 7) is 8.97. The first kappa shape index (κ1) is 16.0. The Kier molecular flexibility index (Phi) is 5.79. The average molecular weight is 292 g/mol. The van der Waals surface area contributed by atoms with Crippen molar-refractivity contribution in [2.75, 3.05) is 13.1 Å². The summed E-state index contributed by atoms with van der Waals surface area (Å²) in [6, 6.07) is 0.285. The number of piperidine rings is 1. The van der Waals surface area contributed by atoms with Crippen molar-refractivity contribution in [2.45, 2.75) is 59.0 Å². The summed E-state index contributed by atoms with van der Waals surface area (Å²) >= 11 is 0. The van der Waals surface area contributed by atoms with Crippen molar-refractivity contribution in [3.8, 4) is 0 Å². The average Bonchev–Trinajstić information content (AvgIpc) is 2.84. The van der Waals surface area contributed by atoms with E-state index in [0.717, 1.165) is 56.8 Å². The van der Waals surface area contributed by atoms with Gasteiger partial charge in [0.25, 0.3) is 0 Å². The molecule has 5 heteroatoms. The number of rotatable bonds is 6. The standard InChI is InChI=1S/C16H28N4O/c1-4-6-12(2)18-16(21)14-7-5-8-20(10-14)11-15-9-17-13(3)19-15/h9,12,14H,4-8,10-11H2,1-3H3,(H,17,19)(H,18,21). The lowest BCUT2D eigenvalue weighted by molar-refractivity contribution is -0.127. The number of carbonyl (C=O) groups is 1. The highest BCUT2D eigenvalue weighted by molar-refractivity contribution is 5.79. The molecule has 21 heavy (non-hydrogen) atoms. The lowest BCUT2D eigenvalue weighted by Gasteiger charge is -2.32. The van der Waals surface area contributed by atoms with E-state index in [4.69, 9.17) is 0 Å². The van der Waals surface area contributed by atoms with Crippen LogP contribution in [-0.2, 0) is 11.3 Å². The topological polar surface area (TPSA) is 61.0 Å². The summed E-state index contributed by atoms with van der Waals surface area (Å²) < 4.78 is 0. The van der Waals surface area contributed by atoms with Crippen LogP contribution in [0.1, 0.15) is 51.0 Å². The first-order valence-corrected chi connectivity index (χ1v) is 8.11. The summed E-state index contributed by atoms with van der Waals surface area (Å²) in [6.07, 6.45) is 6.14. The second kappa shape index (κ2) is 7.59. The van der Waals surface area contributed by atoms with E-state index in [-0.39, 0.29) is 17.9 Å². The van der Waals surface area contributed by atoms with Crippen LogP contribution in [0.15, 0.2) is 6.20 Å². The van der Waals surface area contributed by atoms with Crippen LogP contribution in [0, 0.1) is 12.8 Å². The second-order valence-corrected chi connectivity index (χ2v) is 6.27. The second-order valence-electron chi connectivity index (χ2n) is 6.27. The molecular weight excluding hydrogens is 264 g/mol. The van der Waals surface area contributed by atoms with Gasteiger partial charge in [-0.3, -0.25) is 9.69 Å². The van der Waals surface area contributed by atoms with Crippen LogP contribution in [0.2, 0.25) is 0 Å². The van der Waals surface area contributed by atoms with Crippen LogP contribution < -0.4 is 5.32 Å². The molecule has 1 aliphatic rings. The van der Waals surface area contributed by atoms with E-state index >= 15 is 0 Å². The van der Waals surface area contributed by atoms with Crippen molar-refractivity contribution in [3.63, 3.8) is 0 Å². The predicted molar refractivity (Wildman–Crippen MR) is 83.8 cm³/mol. The molecule has 0 radical (unpaired) electrons. The molecule has 1 aromatic heterocycles. The molecule has 0 aliphatic carbocycles. The third-order valence-corrected chi connectivity index (χ3v) is 4.14. The van der Waals surface area contributed by atoms with Gasteiger partial charge in [-0.25, -0.2) is 4.98 Å². The first-order valence-electron chi connectivity index (χ1n) is 8.11. The molecule has 0 spiro atoms. The molecule has 2 heterocycles. The Hall–Kier alpha value is -1.36. The molecule has 5 nitrogen and oxygen atoms in total. The number of H-pyrrole nitrogens is 1. The van der Waals surface area contributed by atoms with Gasteiger partial charge >= 0.3 is 0 Å². The molecule has 1 saturated heterocycles. The molecule has 0 bridgehead atoms. The fourth-order valence-electron chi connectivity index (χ4n) is 3.07. The van der Waals surface area contributed by atoms with Gasteiger partial charge in [0.1, 0.15) is 5.82 Å². The molecular formula is C16H28N4O. The van der Waals surface area contributed by atoms with Gasteiger partial charge in [-0.2, -0.15) is 0 Å². The number of nitrogens with zero attached hydrogens (tertiary/aromatic N) is 2. The molecule has 2 rings (SSSR count). The minimum atomic E-state index is 0.127. The zero-order valence-corrected chi connectivity index (χ0v) is 13.5. The molecule has 0 saturated carbocycles. The fourth-order valence-corrected chi connectivity index (χ4v) is 3.07. The summed E-state index contributed by atoms with van der Waals surface area (Å²) in [7, 11) is 0. The highest BCUT2D eigenvalue weighted by atomic mass is 16.2. The molecule has 118 valence electrons. The van der Waals surface area contributed by atoms with Crippen LogP contribution in [0.5, 0.6) is 0 Å². The van der Waals surface area contributed by atoms with E-state index < -0.39 is 0 Å². The zero-order chi connectivity index (χ0) is 15.2. The summed E-state index contributed by atoms with van der Waals surface area (Å²) in [4.78, 5) is 22.2. The summed E-state index contributed by atoms with van der Waals surface area (Å²) in [5, 5.41) is 3.15. The van der Waals surface area contributed by atoms with Crippen molar-refractivity contribution in [1.29, 1.82) is 0 Å². The number of aromatic amines is 1. The number of imidazole rings is 1. The third-order valence-electron chi connectivity index (χ3n) is 4.14. The minimum absolute atomic E-state index is 0.127. The number of likely N-dealkylation sites (tertiary alicyclic amines) is 1. The van der Waals surface area contributed by atoms with E-state index in [1.54, 1.807) is 0 Å². The number of carbonyl (C=O) groups excluding carboxylic acids is 1. The Morgan fingerprint density at radius 1 is 1.62 bits per heavy atom. The van der Waals surface area contributed by atoms with Crippen LogP contribution in [0.4, 0.5) is 0 Å². The minimum Gasteiger partial charge on any atom is -0.353 e. The van der Waals surface area contributed by atoms with E-state index in [1.807, 2.05) is 13.1 Å². The number of hydrogen-bond donors (Lipinski definition) is 2. The first-order chi connectivity index (χ1) is 10.1. The molecule has 1 aliphatic heterocycles. The maximum Gasteiger partial charge on any atom is 0.224 e. The largest absolute Gasteiger partial charge is 0.353 e. The number of aryl methyl sites for hydroxylation is 1. The maximum atomic E-state index is 12.3. The Labute approximate surface area is 127 Å². The monoisotopic (exact) mass is 292 g/mol. The van der Waals surface area contributed by atoms with Gasteiger partial charge in [-0.15, -0.1) is 0 Å². The van der Waals surface area contributed by atoms with Crippen LogP contribution in [0.25, 0.3) is 0 Å². The quantitative estimate of drug-likeness (QED) is 0.845. The highest BCUT2D eigenvalue weighted by Crippen LogP contribution is 2.18. The van der Waals surface area contributed by atoms with Gasteiger partial charge < -0.3 is 10.3 Å². The van der Waals surface area contributed by atoms with Gasteiger partial charge in [0.15, 0.2) is 0 Å². The number of aromatic nitrogens is 2. The molecule has 0 aromatic carbocycles. The van der Waals surface area contributed by atoms with Crippen LogP contribution in [-0.4, -0.2) is 39.9 Å². The van der Waals surface area contributed by atoms with Gasteiger partial charge in [-0.05, 0) is 39.7 Å². The van der Waals surface area contributed by atoms with E-state index in [2.05, 4.69) is 34.0 Å². The van der Waals surface area contributed by atoms with Gasteiger partial charge in [0, 0.05) is 31.0 Å². The van der Waals surface area contributed by atoms with Crippen molar-refractivity contribution < 1.29 is 4.79 Å². The molecule has 2 atom stereocenters. The van der Waals surface area contributed by atoms with E-state index in [1.165, 1.54) is 0 Å². The lowest BCUT2D eigenvalue weighted by Crippen LogP contribution is -2.45. The molecule has 1 aromatic rings. The van der Waals surface area contributed by atoms with Gasteiger partial charge in [-0.1, -0.05) is 13.3 Å².